The van der Waals surface area contributed by atoms with Crippen LogP contribution in [0.5, 0.6) is 5.75 Å². The van der Waals surface area contributed by atoms with Gasteiger partial charge >= 0.3 is 10.1 Å². The molecule has 0 aliphatic heterocycles. The van der Waals surface area contributed by atoms with Crippen LogP contribution in [0.1, 0.15) is 24.5 Å². The number of rotatable bonds is 7. The largest absolute Gasteiger partial charge is 0.487 e. The lowest BCUT2D eigenvalue weighted by Gasteiger charge is -2.13. The molecule has 0 saturated carbocycles. The minimum atomic E-state index is -3.90. The first-order valence-corrected chi connectivity index (χ1v) is 8.71. The van der Waals surface area contributed by atoms with Crippen molar-refractivity contribution in [2.45, 2.75) is 31.8 Å². The molecule has 0 aromatic heterocycles. The molecule has 0 aliphatic rings. The monoisotopic (exact) mass is 338 g/mol. The molecule has 2 rings (SSSR count). The molecule has 6 heteroatoms. The third-order valence-electron chi connectivity index (χ3n) is 3.15. The van der Waals surface area contributed by atoms with Gasteiger partial charge in [-0.1, -0.05) is 31.2 Å². The van der Waals surface area contributed by atoms with Gasteiger partial charge in [0.2, 0.25) is 0 Å². The molecule has 0 heterocycles. The van der Waals surface area contributed by atoms with Crippen LogP contribution in [-0.4, -0.2) is 15.0 Å². The minimum Gasteiger partial charge on any atom is -0.487 e. The van der Waals surface area contributed by atoms with E-state index >= 15 is 0 Å². The van der Waals surface area contributed by atoms with Gasteiger partial charge < -0.3 is 4.74 Å². The van der Waals surface area contributed by atoms with Crippen molar-refractivity contribution in [1.29, 1.82) is 0 Å². The quantitative estimate of drug-likeness (QED) is 0.720. The predicted octanol–water partition coefficient (Wildman–Crippen LogP) is 3.83. The highest BCUT2D eigenvalue weighted by molar-refractivity contribution is 7.86. The summed E-state index contributed by atoms with van der Waals surface area (Å²) >= 11 is 0. The molecule has 0 amide bonds. The first-order chi connectivity index (χ1) is 10.9. The van der Waals surface area contributed by atoms with Gasteiger partial charge in [0.1, 0.15) is 23.1 Å². The summed E-state index contributed by atoms with van der Waals surface area (Å²) in [4.78, 5) is -0.0483. The SMILES string of the molecule is CCCOS(=O)(=O)c1ccc(C)cc1OCc1ccccc1F. The standard InChI is InChI=1S/C17H19FO4S/c1-3-10-22-23(19,20)17-9-8-13(2)11-16(17)21-12-14-6-4-5-7-15(14)18/h4-9,11H,3,10,12H2,1-2H3. The van der Waals surface area contributed by atoms with Gasteiger partial charge in [-0.2, -0.15) is 8.42 Å². The summed E-state index contributed by atoms with van der Waals surface area (Å²) in [6.07, 6.45) is 0.580. The van der Waals surface area contributed by atoms with Crippen LogP contribution in [0.15, 0.2) is 47.4 Å². The van der Waals surface area contributed by atoms with Crippen LogP contribution in [0, 0.1) is 12.7 Å². The Morgan fingerprint density at radius 2 is 1.87 bits per heavy atom. The van der Waals surface area contributed by atoms with Crippen molar-refractivity contribution >= 4 is 10.1 Å². The highest BCUT2D eigenvalue weighted by atomic mass is 32.2. The van der Waals surface area contributed by atoms with Gasteiger partial charge in [-0.3, -0.25) is 4.18 Å². The van der Waals surface area contributed by atoms with Crippen LogP contribution < -0.4 is 4.74 Å². The topological polar surface area (TPSA) is 52.6 Å². The highest BCUT2D eigenvalue weighted by Crippen LogP contribution is 2.28. The zero-order chi connectivity index (χ0) is 16.9. The lowest BCUT2D eigenvalue weighted by Crippen LogP contribution is -2.10. The zero-order valence-corrected chi connectivity index (χ0v) is 13.9. The molecule has 0 radical (unpaired) electrons. The van der Waals surface area contributed by atoms with E-state index in [0.29, 0.717) is 12.0 Å². The number of benzene rings is 2. The fourth-order valence-electron chi connectivity index (χ4n) is 1.96. The molecule has 0 aliphatic carbocycles. The molecule has 2 aromatic carbocycles. The molecule has 0 N–H and O–H groups in total. The van der Waals surface area contributed by atoms with Crippen LogP contribution in [0.3, 0.4) is 0 Å². The summed E-state index contributed by atoms with van der Waals surface area (Å²) in [5.74, 6) is -0.240. The van der Waals surface area contributed by atoms with Gasteiger partial charge in [0.15, 0.2) is 0 Å². The lowest BCUT2D eigenvalue weighted by molar-refractivity contribution is 0.284. The average molecular weight is 338 g/mol. The Bertz CT molecular complexity index is 772. The molecule has 0 bridgehead atoms. The van der Waals surface area contributed by atoms with Crippen molar-refractivity contribution in [2.24, 2.45) is 0 Å². The second-order valence-corrected chi connectivity index (χ2v) is 6.69. The van der Waals surface area contributed by atoms with Crippen molar-refractivity contribution in [3.05, 3.63) is 59.4 Å². The van der Waals surface area contributed by atoms with Gasteiger partial charge in [-0.15, -0.1) is 0 Å². The molecule has 4 nitrogen and oxygen atoms in total. The van der Waals surface area contributed by atoms with Crippen molar-refractivity contribution < 1.29 is 21.7 Å². The Hall–Kier alpha value is -1.92. The van der Waals surface area contributed by atoms with Crippen molar-refractivity contribution in [1.82, 2.24) is 0 Å². The van der Waals surface area contributed by atoms with E-state index in [0.717, 1.165) is 5.56 Å². The fourth-order valence-corrected chi connectivity index (χ4v) is 3.07. The van der Waals surface area contributed by atoms with E-state index in [2.05, 4.69) is 0 Å². The smallest absolute Gasteiger partial charge is 0.300 e. The van der Waals surface area contributed by atoms with Crippen LogP contribution >= 0.6 is 0 Å². The van der Waals surface area contributed by atoms with Gasteiger partial charge in [-0.25, -0.2) is 4.39 Å². The van der Waals surface area contributed by atoms with E-state index in [1.54, 1.807) is 30.3 Å². The fraction of sp³-hybridized carbons (Fsp3) is 0.294. The maximum Gasteiger partial charge on any atom is 0.300 e. The Kier molecular flexibility index (Phi) is 5.74. The molecule has 0 fully saturated rings. The summed E-state index contributed by atoms with van der Waals surface area (Å²) in [6, 6.07) is 10.9. The Morgan fingerprint density at radius 3 is 2.57 bits per heavy atom. The third kappa shape index (κ3) is 4.53. The summed E-state index contributed by atoms with van der Waals surface area (Å²) in [5, 5.41) is 0. The van der Waals surface area contributed by atoms with Crippen LogP contribution in [0.4, 0.5) is 4.39 Å². The molecule has 2 aromatic rings. The normalized spacial score (nSPS) is 11.4. The van der Waals surface area contributed by atoms with Gasteiger partial charge in [0.05, 0.1) is 6.61 Å². The highest BCUT2D eigenvalue weighted by Gasteiger charge is 2.21. The van der Waals surface area contributed by atoms with E-state index < -0.39 is 15.9 Å². The molecule has 0 atom stereocenters. The van der Waals surface area contributed by atoms with E-state index in [9.17, 15) is 12.8 Å². The second kappa shape index (κ2) is 7.57. The van der Waals surface area contributed by atoms with Crippen LogP contribution in [0.25, 0.3) is 0 Å². The van der Waals surface area contributed by atoms with E-state index in [1.165, 1.54) is 12.1 Å². The molecule has 124 valence electrons. The summed E-state index contributed by atoms with van der Waals surface area (Å²) in [5.41, 5.74) is 1.19. The Balaban J connectivity index is 2.27. The molecular formula is C17H19FO4S. The zero-order valence-electron chi connectivity index (χ0n) is 13.1. The Labute approximate surface area is 136 Å². The average Bonchev–Trinajstić information content (AvgIpc) is 2.52. The maximum atomic E-state index is 13.6. The molecule has 23 heavy (non-hydrogen) atoms. The number of aryl methyl sites for hydroxylation is 1. The van der Waals surface area contributed by atoms with E-state index in [-0.39, 0.29) is 23.9 Å². The number of hydrogen-bond acceptors (Lipinski definition) is 4. The Morgan fingerprint density at radius 1 is 1.13 bits per heavy atom. The minimum absolute atomic E-state index is 0.0483. The van der Waals surface area contributed by atoms with E-state index in [4.69, 9.17) is 8.92 Å². The first kappa shape index (κ1) is 17.4. The molecular weight excluding hydrogens is 319 g/mol. The van der Waals surface area contributed by atoms with Crippen molar-refractivity contribution in [2.75, 3.05) is 6.61 Å². The number of hydrogen-bond donors (Lipinski definition) is 0. The molecule has 0 unspecified atom stereocenters. The third-order valence-corrected chi connectivity index (χ3v) is 4.51. The van der Waals surface area contributed by atoms with Gasteiger partial charge in [0, 0.05) is 5.56 Å². The summed E-state index contributed by atoms with van der Waals surface area (Å²) < 4.78 is 48.6. The number of halogens is 1. The summed E-state index contributed by atoms with van der Waals surface area (Å²) in [6.45, 7) is 3.68. The molecule has 0 saturated heterocycles. The van der Waals surface area contributed by atoms with Gasteiger partial charge in [-0.05, 0) is 37.1 Å². The lowest BCUT2D eigenvalue weighted by atomic mass is 10.2. The van der Waals surface area contributed by atoms with Crippen LogP contribution in [-0.2, 0) is 20.9 Å². The van der Waals surface area contributed by atoms with Crippen molar-refractivity contribution in [3.8, 4) is 5.75 Å². The maximum absolute atomic E-state index is 13.6. The second-order valence-electron chi connectivity index (χ2n) is 5.11. The van der Waals surface area contributed by atoms with E-state index in [1.807, 2.05) is 13.8 Å². The summed E-state index contributed by atoms with van der Waals surface area (Å²) in [7, 11) is -3.90. The number of ether oxygens (including phenoxy) is 1. The predicted molar refractivity (Wildman–Crippen MR) is 85.3 cm³/mol. The first-order valence-electron chi connectivity index (χ1n) is 7.30. The molecule has 0 spiro atoms. The van der Waals surface area contributed by atoms with Crippen LogP contribution in [0.2, 0.25) is 0 Å². The van der Waals surface area contributed by atoms with Crippen molar-refractivity contribution in [3.63, 3.8) is 0 Å². The van der Waals surface area contributed by atoms with Gasteiger partial charge in [0.25, 0.3) is 0 Å².